The molecule has 0 spiro atoms. The smallest absolute Gasteiger partial charge is 0.371 e. The zero-order valence-electron chi connectivity index (χ0n) is 10.5. The summed E-state index contributed by atoms with van der Waals surface area (Å²) in [6, 6.07) is 4.12. The summed E-state index contributed by atoms with van der Waals surface area (Å²) in [6.07, 6.45) is 0. The molecule has 1 aromatic rings. The van der Waals surface area contributed by atoms with E-state index in [1.807, 2.05) is 6.07 Å². The molecule has 0 aliphatic rings. The number of carboxylic acid groups (broad SMARTS) is 1. The first kappa shape index (κ1) is 15.2. The largest absolute Gasteiger partial charge is 0.475 e. The Hall–Kier alpha value is -1.85. The van der Waals surface area contributed by atoms with Gasteiger partial charge < -0.3 is 9.52 Å². The third-order valence-electron chi connectivity index (χ3n) is 2.44. The topological polar surface area (TPSA) is 112 Å². The van der Waals surface area contributed by atoms with E-state index in [0.717, 1.165) is 16.4 Å². The number of nitriles is 1. The predicted molar refractivity (Wildman–Crippen MR) is 64.9 cm³/mol. The molecule has 1 heterocycles. The maximum absolute atomic E-state index is 12.2. The van der Waals surface area contributed by atoms with Crippen molar-refractivity contribution in [2.24, 2.45) is 5.92 Å². The van der Waals surface area contributed by atoms with E-state index in [-0.39, 0.29) is 13.1 Å². The van der Waals surface area contributed by atoms with Crippen molar-refractivity contribution in [3.8, 4) is 6.07 Å². The first-order chi connectivity index (χ1) is 8.82. The first-order valence-electron chi connectivity index (χ1n) is 5.55. The Kier molecular flexibility index (Phi) is 4.69. The van der Waals surface area contributed by atoms with Crippen molar-refractivity contribution in [3.63, 3.8) is 0 Å². The highest BCUT2D eigenvalue weighted by molar-refractivity contribution is 7.89. The number of carboxylic acids is 1. The normalized spacial score (nSPS) is 13.2. The Bertz CT molecular complexity index is 599. The predicted octanol–water partition coefficient (Wildman–Crippen LogP) is 1.15. The molecule has 19 heavy (non-hydrogen) atoms. The highest BCUT2D eigenvalue weighted by Crippen LogP contribution is 2.19. The third kappa shape index (κ3) is 3.33. The minimum Gasteiger partial charge on any atom is -0.475 e. The molecule has 1 unspecified atom stereocenters. The van der Waals surface area contributed by atoms with E-state index in [1.54, 1.807) is 13.8 Å². The van der Waals surface area contributed by atoms with Gasteiger partial charge in [0, 0.05) is 13.1 Å². The summed E-state index contributed by atoms with van der Waals surface area (Å²) in [7, 11) is -3.92. The summed E-state index contributed by atoms with van der Waals surface area (Å²) in [6.45, 7) is 3.42. The van der Waals surface area contributed by atoms with Crippen LogP contribution in [0.2, 0.25) is 0 Å². The molecule has 1 rings (SSSR count). The van der Waals surface area contributed by atoms with Gasteiger partial charge in [0.05, 0.1) is 12.0 Å². The van der Waals surface area contributed by atoms with Crippen LogP contribution < -0.4 is 0 Å². The number of hydrogen-bond acceptors (Lipinski definition) is 5. The number of sulfonamides is 1. The van der Waals surface area contributed by atoms with Crippen molar-refractivity contribution in [2.75, 3.05) is 13.1 Å². The molecule has 0 aliphatic carbocycles. The van der Waals surface area contributed by atoms with E-state index in [4.69, 9.17) is 14.8 Å². The summed E-state index contributed by atoms with van der Waals surface area (Å²) in [5, 5.41) is 17.0. The molecule has 8 heteroatoms. The molecule has 0 aromatic carbocycles. The van der Waals surface area contributed by atoms with E-state index in [9.17, 15) is 13.2 Å². The summed E-state index contributed by atoms with van der Waals surface area (Å²) < 4.78 is 30.2. The molecule has 0 saturated carbocycles. The standard InChI is InChI=1S/C11H14N2O5S/c1-3-13(7-8(2)6-12)19(16,17)10-5-4-9(18-10)11(14)15/h4-5,8H,3,7H2,1-2H3,(H,14,15). The van der Waals surface area contributed by atoms with Gasteiger partial charge in [0.25, 0.3) is 10.0 Å². The van der Waals surface area contributed by atoms with Crippen LogP contribution in [0.25, 0.3) is 0 Å². The number of nitrogens with zero attached hydrogens (tertiary/aromatic N) is 2. The molecule has 104 valence electrons. The second kappa shape index (κ2) is 5.86. The van der Waals surface area contributed by atoms with Crippen LogP contribution in [0.4, 0.5) is 0 Å². The molecular formula is C11H14N2O5S. The molecule has 0 bridgehead atoms. The van der Waals surface area contributed by atoms with Crippen LogP contribution in [0.5, 0.6) is 0 Å². The number of carbonyl (C=O) groups is 1. The average Bonchev–Trinajstić information content (AvgIpc) is 2.85. The van der Waals surface area contributed by atoms with E-state index >= 15 is 0 Å². The summed E-state index contributed by atoms with van der Waals surface area (Å²) in [5.41, 5.74) is 0. The quantitative estimate of drug-likeness (QED) is 0.839. The van der Waals surface area contributed by atoms with Crippen LogP contribution in [0.1, 0.15) is 24.4 Å². The Labute approximate surface area is 111 Å². The monoisotopic (exact) mass is 286 g/mol. The van der Waals surface area contributed by atoms with E-state index < -0.39 is 32.8 Å². The van der Waals surface area contributed by atoms with Crippen molar-refractivity contribution < 1.29 is 22.7 Å². The lowest BCUT2D eigenvalue weighted by molar-refractivity contribution is 0.0656. The molecule has 0 saturated heterocycles. The van der Waals surface area contributed by atoms with Crippen LogP contribution in [-0.4, -0.2) is 36.9 Å². The number of furan rings is 1. The van der Waals surface area contributed by atoms with E-state index in [1.165, 1.54) is 0 Å². The zero-order valence-corrected chi connectivity index (χ0v) is 11.3. The average molecular weight is 286 g/mol. The Morgan fingerprint density at radius 1 is 1.58 bits per heavy atom. The second-order valence-electron chi connectivity index (χ2n) is 3.91. The molecule has 1 atom stereocenters. The highest BCUT2D eigenvalue weighted by Gasteiger charge is 2.28. The number of aromatic carboxylic acids is 1. The van der Waals surface area contributed by atoms with Crippen molar-refractivity contribution >= 4 is 16.0 Å². The lowest BCUT2D eigenvalue weighted by Gasteiger charge is -2.19. The summed E-state index contributed by atoms with van der Waals surface area (Å²) in [4.78, 5) is 10.7. The van der Waals surface area contributed by atoms with Gasteiger partial charge in [-0.15, -0.1) is 0 Å². The Morgan fingerprint density at radius 2 is 2.21 bits per heavy atom. The lowest BCUT2D eigenvalue weighted by Crippen LogP contribution is -2.34. The van der Waals surface area contributed by atoms with Gasteiger partial charge in [-0.1, -0.05) is 6.92 Å². The second-order valence-corrected chi connectivity index (χ2v) is 5.78. The van der Waals surface area contributed by atoms with E-state index in [2.05, 4.69) is 0 Å². The van der Waals surface area contributed by atoms with Crippen molar-refractivity contribution in [1.29, 1.82) is 5.26 Å². The fourth-order valence-corrected chi connectivity index (χ4v) is 2.89. The van der Waals surface area contributed by atoms with Gasteiger partial charge >= 0.3 is 5.97 Å². The van der Waals surface area contributed by atoms with Gasteiger partial charge in [0.15, 0.2) is 0 Å². The van der Waals surface area contributed by atoms with Crippen LogP contribution in [0, 0.1) is 17.2 Å². The zero-order chi connectivity index (χ0) is 14.6. The van der Waals surface area contributed by atoms with Crippen LogP contribution in [0.15, 0.2) is 21.6 Å². The molecule has 0 radical (unpaired) electrons. The molecule has 1 aromatic heterocycles. The van der Waals surface area contributed by atoms with Gasteiger partial charge in [0.2, 0.25) is 10.9 Å². The minimum absolute atomic E-state index is 0.0262. The van der Waals surface area contributed by atoms with Crippen molar-refractivity contribution in [3.05, 3.63) is 17.9 Å². The minimum atomic E-state index is -3.92. The van der Waals surface area contributed by atoms with E-state index in [0.29, 0.717) is 0 Å². The molecule has 0 aliphatic heterocycles. The third-order valence-corrected chi connectivity index (χ3v) is 4.25. The van der Waals surface area contributed by atoms with Gasteiger partial charge in [-0.3, -0.25) is 0 Å². The Balaban J connectivity index is 3.06. The van der Waals surface area contributed by atoms with Gasteiger partial charge in [0.1, 0.15) is 0 Å². The SMILES string of the molecule is CCN(CC(C)C#N)S(=O)(=O)c1ccc(C(=O)O)o1. The summed E-state index contributed by atoms with van der Waals surface area (Å²) in [5.74, 6) is -2.25. The van der Waals surface area contributed by atoms with Gasteiger partial charge in [-0.25, -0.2) is 13.2 Å². The van der Waals surface area contributed by atoms with Gasteiger partial charge in [-0.05, 0) is 19.1 Å². The fourth-order valence-electron chi connectivity index (χ4n) is 1.44. The molecule has 7 nitrogen and oxygen atoms in total. The fraction of sp³-hybridized carbons (Fsp3) is 0.455. The maximum atomic E-state index is 12.2. The lowest BCUT2D eigenvalue weighted by atomic mass is 10.2. The van der Waals surface area contributed by atoms with Crippen molar-refractivity contribution in [2.45, 2.75) is 18.9 Å². The van der Waals surface area contributed by atoms with Crippen LogP contribution in [-0.2, 0) is 10.0 Å². The van der Waals surface area contributed by atoms with Crippen LogP contribution in [0.3, 0.4) is 0 Å². The Morgan fingerprint density at radius 3 is 2.63 bits per heavy atom. The highest BCUT2D eigenvalue weighted by atomic mass is 32.2. The van der Waals surface area contributed by atoms with Gasteiger partial charge in [-0.2, -0.15) is 9.57 Å². The molecule has 1 N–H and O–H groups in total. The summed E-state index contributed by atoms with van der Waals surface area (Å²) >= 11 is 0. The molecular weight excluding hydrogens is 272 g/mol. The first-order valence-corrected chi connectivity index (χ1v) is 6.99. The maximum Gasteiger partial charge on any atom is 0.371 e. The number of hydrogen-bond donors (Lipinski definition) is 1. The van der Waals surface area contributed by atoms with Crippen molar-refractivity contribution in [1.82, 2.24) is 4.31 Å². The number of rotatable bonds is 6. The molecule has 0 amide bonds. The van der Waals surface area contributed by atoms with Crippen LogP contribution >= 0.6 is 0 Å². The molecule has 0 fully saturated rings.